The highest BCUT2D eigenvalue weighted by Gasteiger charge is 2.40. The van der Waals surface area contributed by atoms with Gasteiger partial charge in [0.05, 0.1) is 6.10 Å². The summed E-state index contributed by atoms with van der Waals surface area (Å²) in [7, 11) is 0. The van der Waals surface area contributed by atoms with Gasteiger partial charge in [0.1, 0.15) is 5.60 Å². The van der Waals surface area contributed by atoms with Crippen molar-refractivity contribution in [1.82, 2.24) is 5.32 Å². The average molecular weight is 257 g/mol. The Kier molecular flexibility index (Phi) is 4.64. The zero-order valence-electron chi connectivity index (χ0n) is 11.5. The SMILES string of the molecule is CC1OCCC1(O)CNCC1(CO)CCCCC1. The number of aliphatic hydroxyl groups excluding tert-OH is 1. The molecule has 0 bridgehead atoms. The molecule has 2 aliphatic rings. The summed E-state index contributed by atoms with van der Waals surface area (Å²) in [6, 6.07) is 0. The molecule has 0 aromatic heterocycles. The second-order valence-corrected chi connectivity index (χ2v) is 6.19. The van der Waals surface area contributed by atoms with Crippen LogP contribution in [-0.4, -0.2) is 48.2 Å². The lowest BCUT2D eigenvalue weighted by Gasteiger charge is -2.37. The Labute approximate surface area is 110 Å². The summed E-state index contributed by atoms with van der Waals surface area (Å²) in [5.41, 5.74) is -0.692. The number of rotatable bonds is 5. The lowest BCUT2D eigenvalue weighted by molar-refractivity contribution is -0.0294. The molecule has 2 fully saturated rings. The molecule has 1 heterocycles. The van der Waals surface area contributed by atoms with Crippen LogP contribution in [-0.2, 0) is 4.74 Å². The fourth-order valence-corrected chi connectivity index (χ4v) is 3.24. The third-order valence-electron chi connectivity index (χ3n) is 4.84. The fourth-order valence-electron chi connectivity index (χ4n) is 3.24. The van der Waals surface area contributed by atoms with Gasteiger partial charge in [-0.3, -0.25) is 0 Å². The average Bonchev–Trinajstić information content (AvgIpc) is 2.71. The minimum Gasteiger partial charge on any atom is -0.396 e. The molecule has 2 rings (SSSR count). The number of hydrogen-bond donors (Lipinski definition) is 3. The number of aliphatic hydroxyl groups is 2. The van der Waals surface area contributed by atoms with Gasteiger partial charge in [0, 0.05) is 38.1 Å². The lowest BCUT2D eigenvalue weighted by atomic mass is 9.74. The van der Waals surface area contributed by atoms with E-state index in [1.807, 2.05) is 6.92 Å². The summed E-state index contributed by atoms with van der Waals surface area (Å²) < 4.78 is 5.42. The van der Waals surface area contributed by atoms with Gasteiger partial charge in [-0.1, -0.05) is 19.3 Å². The molecular formula is C14H27NO3. The predicted molar refractivity (Wildman–Crippen MR) is 70.5 cm³/mol. The molecule has 1 saturated heterocycles. The van der Waals surface area contributed by atoms with Gasteiger partial charge in [-0.25, -0.2) is 0 Å². The van der Waals surface area contributed by atoms with Crippen molar-refractivity contribution in [3.63, 3.8) is 0 Å². The molecule has 0 amide bonds. The van der Waals surface area contributed by atoms with Crippen molar-refractivity contribution in [3.05, 3.63) is 0 Å². The number of ether oxygens (including phenoxy) is 1. The van der Waals surface area contributed by atoms with Crippen molar-refractivity contribution in [3.8, 4) is 0 Å². The maximum Gasteiger partial charge on any atom is 0.105 e. The van der Waals surface area contributed by atoms with Crippen LogP contribution in [0, 0.1) is 5.41 Å². The summed E-state index contributed by atoms with van der Waals surface area (Å²) >= 11 is 0. The van der Waals surface area contributed by atoms with Crippen molar-refractivity contribution in [2.24, 2.45) is 5.41 Å². The first-order valence-corrected chi connectivity index (χ1v) is 7.26. The van der Waals surface area contributed by atoms with Gasteiger partial charge in [-0.05, 0) is 19.8 Å². The van der Waals surface area contributed by atoms with Crippen LogP contribution in [0.15, 0.2) is 0 Å². The van der Waals surface area contributed by atoms with Gasteiger partial charge in [0.2, 0.25) is 0 Å². The van der Waals surface area contributed by atoms with Gasteiger partial charge in [-0.2, -0.15) is 0 Å². The van der Waals surface area contributed by atoms with E-state index in [1.165, 1.54) is 19.3 Å². The van der Waals surface area contributed by atoms with E-state index >= 15 is 0 Å². The highest BCUT2D eigenvalue weighted by Crippen LogP contribution is 2.35. The van der Waals surface area contributed by atoms with Crippen molar-refractivity contribution < 1.29 is 14.9 Å². The third kappa shape index (κ3) is 3.05. The summed E-state index contributed by atoms with van der Waals surface area (Å²) in [6.45, 7) is 4.19. The normalized spacial score (nSPS) is 35.8. The molecule has 1 saturated carbocycles. The molecule has 4 heteroatoms. The summed E-state index contributed by atoms with van der Waals surface area (Å²) in [6.07, 6.45) is 6.52. The predicted octanol–water partition coefficient (Wildman–Crippen LogP) is 1.06. The molecule has 1 aliphatic heterocycles. The highest BCUT2D eigenvalue weighted by atomic mass is 16.5. The van der Waals surface area contributed by atoms with Gasteiger partial charge in [0.25, 0.3) is 0 Å². The van der Waals surface area contributed by atoms with Crippen LogP contribution in [0.4, 0.5) is 0 Å². The largest absolute Gasteiger partial charge is 0.396 e. The maximum absolute atomic E-state index is 10.4. The first-order chi connectivity index (χ1) is 8.60. The molecule has 106 valence electrons. The quantitative estimate of drug-likeness (QED) is 0.689. The Morgan fingerprint density at radius 1 is 1.17 bits per heavy atom. The van der Waals surface area contributed by atoms with Gasteiger partial charge in [-0.15, -0.1) is 0 Å². The van der Waals surface area contributed by atoms with E-state index in [9.17, 15) is 10.2 Å². The van der Waals surface area contributed by atoms with E-state index in [4.69, 9.17) is 4.74 Å². The summed E-state index contributed by atoms with van der Waals surface area (Å²) in [4.78, 5) is 0. The van der Waals surface area contributed by atoms with Crippen LogP contribution in [0.3, 0.4) is 0 Å². The van der Waals surface area contributed by atoms with Crippen molar-refractivity contribution in [2.45, 2.75) is 57.2 Å². The third-order valence-corrected chi connectivity index (χ3v) is 4.84. The summed E-state index contributed by atoms with van der Waals surface area (Å²) in [5, 5.41) is 23.4. The van der Waals surface area contributed by atoms with Crippen LogP contribution in [0.25, 0.3) is 0 Å². The Balaban J connectivity index is 1.80. The van der Waals surface area contributed by atoms with Crippen molar-refractivity contribution >= 4 is 0 Å². The fraction of sp³-hybridized carbons (Fsp3) is 1.00. The molecule has 2 atom stereocenters. The van der Waals surface area contributed by atoms with Gasteiger partial charge >= 0.3 is 0 Å². The molecule has 0 aromatic rings. The molecule has 2 unspecified atom stereocenters. The van der Waals surface area contributed by atoms with Crippen LogP contribution in [0.1, 0.15) is 45.4 Å². The van der Waals surface area contributed by atoms with Crippen LogP contribution >= 0.6 is 0 Å². The van der Waals surface area contributed by atoms with E-state index < -0.39 is 5.60 Å². The van der Waals surface area contributed by atoms with Gasteiger partial charge in [0.15, 0.2) is 0 Å². The van der Waals surface area contributed by atoms with E-state index in [0.717, 1.165) is 19.4 Å². The standard InChI is InChI=1S/C14H27NO3/c1-12-14(17,7-8-18-12)10-15-9-13(11-16)5-3-2-4-6-13/h12,15-17H,2-11H2,1H3. The Bertz CT molecular complexity index is 266. The molecule has 4 nitrogen and oxygen atoms in total. The van der Waals surface area contributed by atoms with Gasteiger partial charge < -0.3 is 20.3 Å². The molecule has 0 spiro atoms. The minimum atomic E-state index is -0.731. The van der Waals surface area contributed by atoms with E-state index in [2.05, 4.69) is 5.32 Å². The molecule has 0 aromatic carbocycles. The second kappa shape index (κ2) is 5.87. The molecule has 0 radical (unpaired) electrons. The Morgan fingerprint density at radius 2 is 1.89 bits per heavy atom. The first kappa shape index (κ1) is 14.3. The van der Waals surface area contributed by atoms with Crippen molar-refractivity contribution in [1.29, 1.82) is 0 Å². The van der Waals surface area contributed by atoms with Crippen LogP contribution in [0.5, 0.6) is 0 Å². The number of nitrogens with one attached hydrogen (secondary N) is 1. The zero-order chi connectivity index (χ0) is 13.1. The minimum absolute atomic E-state index is 0.0390. The van der Waals surface area contributed by atoms with E-state index in [-0.39, 0.29) is 18.1 Å². The van der Waals surface area contributed by atoms with E-state index in [0.29, 0.717) is 19.6 Å². The highest BCUT2D eigenvalue weighted by molar-refractivity contribution is 4.93. The maximum atomic E-state index is 10.4. The molecular weight excluding hydrogens is 230 g/mol. The Morgan fingerprint density at radius 3 is 2.44 bits per heavy atom. The molecule has 18 heavy (non-hydrogen) atoms. The van der Waals surface area contributed by atoms with Crippen LogP contribution < -0.4 is 5.32 Å². The van der Waals surface area contributed by atoms with E-state index in [1.54, 1.807) is 0 Å². The Hall–Kier alpha value is -0.160. The first-order valence-electron chi connectivity index (χ1n) is 7.26. The monoisotopic (exact) mass is 257 g/mol. The van der Waals surface area contributed by atoms with Crippen LogP contribution in [0.2, 0.25) is 0 Å². The second-order valence-electron chi connectivity index (χ2n) is 6.19. The number of hydrogen-bond acceptors (Lipinski definition) is 4. The zero-order valence-corrected chi connectivity index (χ0v) is 11.5. The van der Waals surface area contributed by atoms with Crippen molar-refractivity contribution in [2.75, 3.05) is 26.3 Å². The molecule has 1 aliphatic carbocycles. The lowest BCUT2D eigenvalue weighted by Crippen LogP contribution is -2.49. The molecule has 3 N–H and O–H groups in total. The summed E-state index contributed by atoms with van der Waals surface area (Å²) in [5.74, 6) is 0. The topological polar surface area (TPSA) is 61.7 Å². The smallest absolute Gasteiger partial charge is 0.105 e.